The van der Waals surface area contributed by atoms with Crippen LogP contribution in [0.15, 0.2) is 23.8 Å². The van der Waals surface area contributed by atoms with Crippen LogP contribution in [0.4, 0.5) is 0 Å². The maximum atomic E-state index is 9.33. The molecule has 2 aliphatic rings. The third-order valence-corrected chi connectivity index (χ3v) is 3.95. The van der Waals surface area contributed by atoms with Gasteiger partial charge in [0.05, 0.1) is 5.76 Å². The first kappa shape index (κ1) is 13.7. The van der Waals surface area contributed by atoms with E-state index in [0.29, 0.717) is 11.7 Å². The molecule has 0 radical (unpaired) electrons. The van der Waals surface area contributed by atoms with Gasteiger partial charge in [0.2, 0.25) is 0 Å². The van der Waals surface area contributed by atoms with Gasteiger partial charge in [0.1, 0.15) is 0 Å². The Bertz CT molecular complexity index is 217. The molecule has 0 aromatic heterocycles. The Morgan fingerprint density at radius 3 is 1.56 bits per heavy atom. The van der Waals surface area contributed by atoms with Gasteiger partial charge in [0.25, 0.3) is 0 Å². The summed E-state index contributed by atoms with van der Waals surface area (Å²) in [6.07, 6.45) is 10.5. The fraction of sp³-hybridized carbons (Fsp3) is 0.714. The molecule has 2 saturated carbocycles. The Morgan fingerprint density at radius 1 is 0.875 bits per heavy atom. The molecule has 0 aliphatic heterocycles. The fourth-order valence-corrected chi connectivity index (χ4v) is 2.49. The zero-order valence-electron chi connectivity index (χ0n) is 10.1. The minimum Gasteiger partial charge on any atom is -0.513 e. The van der Waals surface area contributed by atoms with Crippen LogP contribution in [0.5, 0.6) is 0 Å². The van der Waals surface area contributed by atoms with Gasteiger partial charge >= 0.3 is 0 Å². The van der Waals surface area contributed by atoms with Crippen LogP contribution >= 0.6 is 12.6 Å². The second-order valence-electron chi connectivity index (χ2n) is 4.89. The SMILES string of the molecule is C1CCC1.C=C(O)C1CCCCC1C(=C)S. The van der Waals surface area contributed by atoms with E-state index in [-0.39, 0.29) is 5.92 Å². The molecule has 2 aliphatic carbocycles. The molecule has 2 fully saturated rings. The van der Waals surface area contributed by atoms with Crippen molar-refractivity contribution >= 4 is 12.6 Å². The minimum atomic E-state index is 0.198. The topological polar surface area (TPSA) is 20.2 Å². The standard InChI is InChI=1S/C10H16OS.C4H8/c1-7(11)9-5-3-4-6-10(9)8(2)12;1-2-4-3-1/h9-12H,1-6H2;1-4H2. The highest BCUT2D eigenvalue weighted by atomic mass is 32.1. The second-order valence-corrected chi connectivity index (χ2v) is 5.47. The van der Waals surface area contributed by atoms with Gasteiger partial charge in [-0.15, -0.1) is 12.6 Å². The van der Waals surface area contributed by atoms with Crippen LogP contribution in [0.1, 0.15) is 51.4 Å². The Balaban J connectivity index is 0.000000267. The first-order chi connectivity index (χ1) is 7.63. The van der Waals surface area contributed by atoms with Crippen LogP contribution in [-0.4, -0.2) is 5.11 Å². The van der Waals surface area contributed by atoms with Gasteiger partial charge in [0.15, 0.2) is 0 Å². The average molecular weight is 240 g/mol. The van der Waals surface area contributed by atoms with Crippen molar-refractivity contribution in [2.75, 3.05) is 0 Å². The van der Waals surface area contributed by atoms with Gasteiger partial charge in [-0.1, -0.05) is 51.7 Å². The third-order valence-electron chi connectivity index (χ3n) is 3.62. The summed E-state index contributed by atoms with van der Waals surface area (Å²) in [5.74, 6) is 0.832. The Hall–Kier alpha value is -0.370. The quantitative estimate of drug-likeness (QED) is 0.521. The molecule has 16 heavy (non-hydrogen) atoms. The van der Waals surface area contributed by atoms with Crippen LogP contribution in [0.3, 0.4) is 0 Å². The van der Waals surface area contributed by atoms with E-state index in [1.165, 1.54) is 38.5 Å². The Labute approximate surface area is 105 Å². The number of hydrogen-bond acceptors (Lipinski definition) is 2. The number of aliphatic hydroxyl groups excluding tert-OH is 1. The van der Waals surface area contributed by atoms with Crippen molar-refractivity contribution in [3.63, 3.8) is 0 Å². The van der Waals surface area contributed by atoms with E-state index in [1.807, 2.05) is 0 Å². The highest BCUT2D eigenvalue weighted by Crippen LogP contribution is 2.38. The predicted molar refractivity (Wildman–Crippen MR) is 73.8 cm³/mol. The van der Waals surface area contributed by atoms with Crippen molar-refractivity contribution in [2.24, 2.45) is 11.8 Å². The minimum absolute atomic E-state index is 0.198. The monoisotopic (exact) mass is 240 g/mol. The summed E-state index contributed by atoms with van der Waals surface area (Å²) in [5, 5.41) is 9.33. The number of thiol groups is 1. The van der Waals surface area contributed by atoms with Crippen LogP contribution in [0.2, 0.25) is 0 Å². The Morgan fingerprint density at radius 2 is 1.31 bits per heavy atom. The Kier molecular flexibility index (Phi) is 6.04. The molecule has 0 amide bonds. The summed E-state index contributed by atoms with van der Waals surface area (Å²) in [4.78, 5) is 0.884. The van der Waals surface area contributed by atoms with Gasteiger partial charge in [0, 0.05) is 5.92 Å². The largest absolute Gasteiger partial charge is 0.513 e. The first-order valence-electron chi connectivity index (χ1n) is 6.38. The van der Waals surface area contributed by atoms with E-state index in [2.05, 4.69) is 25.8 Å². The molecule has 2 atom stereocenters. The molecular weight excluding hydrogens is 216 g/mol. The molecule has 1 N–H and O–H groups in total. The predicted octanol–water partition coefficient (Wildman–Crippen LogP) is 4.87. The molecule has 0 heterocycles. The summed E-state index contributed by atoms with van der Waals surface area (Å²) < 4.78 is 0. The average Bonchev–Trinajstić information content (AvgIpc) is 2.15. The van der Waals surface area contributed by atoms with E-state index in [0.717, 1.165) is 17.7 Å². The van der Waals surface area contributed by atoms with E-state index < -0.39 is 0 Å². The molecule has 2 rings (SSSR count). The lowest BCUT2D eigenvalue weighted by Gasteiger charge is -2.30. The number of hydrogen-bond donors (Lipinski definition) is 2. The normalized spacial score (nSPS) is 28.3. The maximum Gasteiger partial charge on any atom is 0.0888 e. The van der Waals surface area contributed by atoms with Crippen molar-refractivity contribution in [1.29, 1.82) is 0 Å². The van der Waals surface area contributed by atoms with E-state index in [9.17, 15) is 5.11 Å². The van der Waals surface area contributed by atoms with Crippen molar-refractivity contribution in [3.8, 4) is 0 Å². The molecule has 2 unspecified atom stereocenters. The number of allylic oxidation sites excluding steroid dienone is 2. The molecule has 0 spiro atoms. The third kappa shape index (κ3) is 4.25. The van der Waals surface area contributed by atoms with Gasteiger partial charge in [-0.25, -0.2) is 0 Å². The molecule has 0 saturated heterocycles. The molecular formula is C14H24OS. The zero-order chi connectivity index (χ0) is 12.0. The van der Waals surface area contributed by atoms with Crippen LogP contribution in [0.25, 0.3) is 0 Å². The van der Waals surface area contributed by atoms with Crippen LogP contribution in [0, 0.1) is 11.8 Å². The summed E-state index contributed by atoms with van der Waals surface area (Å²) >= 11 is 4.25. The molecule has 92 valence electrons. The molecule has 1 nitrogen and oxygen atoms in total. The first-order valence-corrected chi connectivity index (χ1v) is 6.83. The second kappa shape index (κ2) is 7.05. The van der Waals surface area contributed by atoms with Gasteiger partial charge in [-0.3, -0.25) is 0 Å². The van der Waals surface area contributed by atoms with Gasteiger partial charge < -0.3 is 5.11 Å². The summed E-state index contributed by atoms with van der Waals surface area (Å²) in [7, 11) is 0. The van der Waals surface area contributed by atoms with Crippen molar-refractivity contribution < 1.29 is 5.11 Å². The van der Waals surface area contributed by atoms with Crippen LogP contribution in [-0.2, 0) is 0 Å². The van der Waals surface area contributed by atoms with E-state index in [1.54, 1.807) is 0 Å². The molecule has 0 bridgehead atoms. The van der Waals surface area contributed by atoms with Crippen molar-refractivity contribution in [3.05, 3.63) is 23.8 Å². The van der Waals surface area contributed by atoms with Gasteiger partial charge in [-0.05, 0) is 23.7 Å². The zero-order valence-corrected chi connectivity index (χ0v) is 11.0. The molecule has 0 aromatic carbocycles. The van der Waals surface area contributed by atoms with Crippen molar-refractivity contribution in [1.82, 2.24) is 0 Å². The van der Waals surface area contributed by atoms with E-state index in [4.69, 9.17) is 0 Å². The van der Waals surface area contributed by atoms with Gasteiger partial charge in [-0.2, -0.15) is 0 Å². The summed E-state index contributed by atoms with van der Waals surface area (Å²) in [6, 6.07) is 0. The van der Waals surface area contributed by atoms with Crippen molar-refractivity contribution in [2.45, 2.75) is 51.4 Å². The fourth-order valence-electron chi connectivity index (χ4n) is 2.18. The lowest BCUT2D eigenvalue weighted by molar-refractivity contribution is 0.232. The summed E-state index contributed by atoms with van der Waals surface area (Å²) in [6.45, 7) is 7.42. The molecule has 0 aromatic rings. The number of rotatable bonds is 2. The molecule has 2 heteroatoms. The lowest BCUT2D eigenvalue weighted by atomic mass is 9.78. The highest BCUT2D eigenvalue weighted by Gasteiger charge is 2.27. The highest BCUT2D eigenvalue weighted by molar-refractivity contribution is 7.84. The van der Waals surface area contributed by atoms with E-state index >= 15 is 0 Å². The maximum absolute atomic E-state index is 9.33. The van der Waals surface area contributed by atoms with Crippen LogP contribution < -0.4 is 0 Å². The lowest BCUT2D eigenvalue weighted by Crippen LogP contribution is -2.21. The summed E-state index contributed by atoms with van der Waals surface area (Å²) in [5.41, 5.74) is 0. The smallest absolute Gasteiger partial charge is 0.0888 e. The number of aliphatic hydroxyl groups is 1.